The molecule has 2 amide bonds. The fourth-order valence-corrected chi connectivity index (χ4v) is 4.50. The average molecular weight is 440 g/mol. The Morgan fingerprint density at radius 2 is 1.69 bits per heavy atom. The topological polar surface area (TPSA) is 86.3 Å². The zero-order valence-electron chi connectivity index (χ0n) is 18.8. The van der Waals surface area contributed by atoms with E-state index in [1.54, 1.807) is 51.5 Å². The van der Waals surface area contributed by atoms with Crippen molar-refractivity contribution in [1.29, 1.82) is 0 Å². The molecule has 1 aliphatic carbocycles. The maximum atomic E-state index is 13.1. The molecule has 0 bridgehead atoms. The highest BCUT2D eigenvalue weighted by atomic mass is 16.5. The van der Waals surface area contributed by atoms with Crippen LogP contribution in [0.4, 0.5) is 5.69 Å². The average Bonchev–Trinajstić information content (AvgIpc) is 3.40. The molecule has 0 unspecified atom stereocenters. The summed E-state index contributed by atoms with van der Waals surface area (Å²) in [6.07, 6.45) is 1.81. The van der Waals surface area contributed by atoms with E-state index < -0.39 is 5.92 Å². The van der Waals surface area contributed by atoms with E-state index in [4.69, 9.17) is 18.9 Å². The van der Waals surface area contributed by atoms with Gasteiger partial charge in [-0.3, -0.25) is 9.59 Å². The van der Waals surface area contributed by atoms with E-state index in [-0.39, 0.29) is 24.3 Å². The molecule has 32 heavy (non-hydrogen) atoms. The summed E-state index contributed by atoms with van der Waals surface area (Å²) in [7, 11) is 6.32. The van der Waals surface area contributed by atoms with Crippen LogP contribution in [0.15, 0.2) is 30.3 Å². The molecule has 1 heterocycles. The van der Waals surface area contributed by atoms with Gasteiger partial charge in [0.25, 0.3) is 0 Å². The lowest BCUT2D eigenvalue weighted by molar-refractivity contribution is -0.127. The van der Waals surface area contributed by atoms with Crippen LogP contribution in [0.25, 0.3) is 0 Å². The summed E-state index contributed by atoms with van der Waals surface area (Å²) < 4.78 is 21.5. The van der Waals surface area contributed by atoms with Gasteiger partial charge >= 0.3 is 0 Å². The number of amides is 2. The number of hydrogen-bond donors (Lipinski definition) is 1. The molecule has 170 valence electrons. The van der Waals surface area contributed by atoms with Gasteiger partial charge in [0.1, 0.15) is 11.5 Å². The lowest BCUT2D eigenvalue weighted by Crippen LogP contribution is -2.35. The second-order valence-electron chi connectivity index (χ2n) is 7.95. The van der Waals surface area contributed by atoms with E-state index in [9.17, 15) is 9.59 Å². The largest absolute Gasteiger partial charge is 0.497 e. The van der Waals surface area contributed by atoms with E-state index in [0.29, 0.717) is 35.2 Å². The van der Waals surface area contributed by atoms with Crippen molar-refractivity contribution in [3.05, 3.63) is 41.5 Å². The first kappa shape index (κ1) is 21.8. The van der Waals surface area contributed by atoms with E-state index in [0.717, 1.165) is 24.0 Å². The summed E-state index contributed by atoms with van der Waals surface area (Å²) in [5, 5.41) is 3.14. The Balaban J connectivity index is 1.48. The molecular weight excluding hydrogens is 412 g/mol. The fraction of sp³-hybridized carbons (Fsp3) is 0.417. The maximum absolute atomic E-state index is 13.1. The zero-order chi connectivity index (χ0) is 22.8. The number of carbonyl (C=O) groups is 2. The molecule has 0 saturated carbocycles. The van der Waals surface area contributed by atoms with Crippen LogP contribution < -0.4 is 29.2 Å². The summed E-state index contributed by atoms with van der Waals surface area (Å²) in [6, 6.07) is 9.07. The minimum Gasteiger partial charge on any atom is -0.497 e. The Morgan fingerprint density at radius 1 is 0.969 bits per heavy atom. The van der Waals surface area contributed by atoms with E-state index in [1.807, 2.05) is 12.1 Å². The third-order valence-electron chi connectivity index (χ3n) is 6.21. The van der Waals surface area contributed by atoms with Gasteiger partial charge in [-0.15, -0.1) is 0 Å². The maximum Gasteiger partial charge on any atom is 0.227 e. The minimum atomic E-state index is -0.432. The van der Waals surface area contributed by atoms with Gasteiger partial charge < -0.3 is 29.2 Å². The van der Waals surface area contributed by atoms with Gasteiger partial charge in [0.15, 0.2) is 11.5 Å². The number of nitrogens with zero attached hydrogens (tertiary/aromatic N) is 1. The first-order valence-corrected chi connectivity index (χ1v) is 10.6. The summed E-state index contributed by atoms with van der Waals surface area (Å²) in [5.41, 5.74) is 2.81. The van der Waals surface area contributed by atoms with Crippen LogP contribution in [-0.4, -0.2) is 46.8 Å². The molecule has 2 aliphatic rings. The quantitative estimate of drug-likeness (QED) is 0.713. The van der Waals surface area contributed by atoms with Crippen LogP contribution >= 0.6 is 0 Å². The first-order chi connectivity index (χ1) is 15.5. The van der Waals surface area contributed by atoms with E-state index in [2.05, 4.69) is 5.32 Å². The highest BCUT2D eigenvalue weighted by molar-refractivity contribution is 6.01. The van der Waals surface area contributed by atoms with Crippen LogP contribution in [0, 0.1) is 5.92 Å². The molecule has 1 N–H and O–H groups in total. The number of ether oxygens (including phenoxy) is 4. The number of carbonyl (C=O) groups excluding carboxylic acids is 2. The highest BCUT2D eigenvalue weighted by Crippen LogP contribution is 2.40. The lowest BCUT2D eigenvalue weighted by atomic mass is 10.0. The zero-order valence-corrected chi connectivity index (χ0v) is 18.8. The predicted octanol–water partition coefficient (Wildman–Crippen LogP) is 2.88. The Labute approximate surface area is 187 Å². The van der Waals surface area contributed by atoms with Crippen LogP contribution in [0.3, 0.4) is 0 Å². The van der Waals surface area contributed by atoms with Gasteiger partial charge in [-0.2, -0.15) is 0 Å². The molecular formula is C24H28N2O6. The molecule has 4 rings (SSSR count). The number of rotatable bonds is 7. The minimum absolute atomic E-state index is 0.105. The van der Waals surface area contributed by atoms with Crippen molar-refractivity contribution in [2.24, 2.45) is 5.92 Å². The standard InChI is InChI=1S/C24H28N2O6/c1-29-16-6-8-19(20(11-16)30-2)26-13-15(10-23(26)27)24(28)25-18-7-5-14-9-21(31-3)22(32-4)12-17(14)18/h6,8-9,11-12,15,18H,5,7,10,13H2,1-4H3,(H,25,28)/t15-,18+/m0/s1. The van der Waals surface area contributed by atoms with Gasteiger partial charge in [-0.25, -0.2) is 0 Å². The molecule has 1 saturated heterocycles. The van der Waals surface area contributed by atoms with Crippen LogP contribution in [-0.2, 0) is 16.0 Å². The Bertz CT molecular complexity index is 1040. The number of anilines is 1. The number of aryl methyl sites for hydroxylation is 1. The third kappa shape index (κ3) is 3.92. The summed E-state index contributed by atoms with van der Waals surface area (Å²) >= 11 is 0. The van der Waals surface area contributed by atoms with Crippen molar-refractivity contribution in [3.63, 3.8) is 0 Å². The second kappa shape index (κ2) is 8.98. The summed E-state index contributed by atoms with van der Waals surface area (Å²) in [4.78, 5) is 27.4. The number of benzene rings is 2. The van der Waals surface area contributed by atoms with Crippen molar-refractivity contribution in [1.82, 2.24) is 5.32 Å². The van der Waals surface area contributed by atoms with E-state index in [1.165, 1.54) is 0 Å². The van der Waals surface area contributed by atoms with Gasteiger partial charge in [-0.1, -0.05) is 0 Å². The van der Waals surface area contributed by atoms with Gasteiger partial charge in [0, 0.05) is 19.0 Å². The van der Waals surface area contributed by atoms with Crippen molar-refractivity contribution < 1.29 is 28.5 Å². The summed E-state index contributed by atoms with van der Waals surface area (Å²) in [5.74, 6) is 1.83. The molecule has 2 aromatic rings. The van der Waals surface area contributed by atoms with Crippen LogP contribution in [0.2, 0.25) is 0 Å². The molecule has 0 spiro atoms. The Hall–Kier alpha value is -3.42. The molecule has 1 fully saturated rings. The monoisotopic (exact) mass is 440 g/mol. The van der Waals surface area contributed by atoms with Crippen LogP contribution in [0.5, 0.6) is 23.0 Å². The molecule has 8 heteroatoms. The third-order valence-corrected chi connectivity index (χ3v) is 6.21. The summed E-state index contributed by atoms with van der Waals surface area (Å²) in [6.45, 7) is 0.304. The molecule has 2 atom stereocenters. The Kier molecular flexibility index (Phi) is 6.12. The molecule has 2 aromatic carbocycles. The second-order valence-corrected chi connectivity index (χ2v) is 7.95. The smallest absolute Gasteiger partial charge is 0.227 e. The number of methoxy groups -OCH3 is 4. The van der Waals surface area contributed by atoms with Gasteiger partial charge in [0.2, 0.25) is 11.8 Å². The van der Waals surface area contributed by atoms with Crippen LogP contribution in [0.1, 0.15) is 30.0 Å². The number of hydrogen-bond acceptors (Lipinski definition) is 6. The number of fused-ring (bicyclic) bond motifs is 1. The lowest BCUT2D eigenvalue weighted by Gasteiger charge is -2.21. The molecule has 1 aliphatic heterocycles. The SMILES string of the molecule is COc1ccc(N2C[C@@H](C(=O)N[C@@H]3CCc4cc(OC)c(OC)cc43)CC2=O)c(OC)c1. The fourth-order valence-electron chi connectivity index (χ4n) is 4.50. The van der Waals surface area contributed by atoms with Crippen molar-refractivity contribution in [2.45, 2.75) is 25.3 Å². The molecule has 0 radical (unpaired) electrons. The van der Waals surface area contributed by atoms with Crippen molar-refractivity contribution >= 4 is 17.5 Å². The van der Waals surface area contributed by atoms with E-state index >= 15 is 0 Å². The molecule has 0 aromatic heterocycles. The molecule has 8 nitrogen and oxygen atoms in total. The first-order valence-electron chi connectivity index (χ1n) is 10.6. The van der Waals surface area contributed by atoms with Gasteiger partial charge in [-0.05, 0) is 48.2 Å². The normalized spacial score (nSPS) is 19.5. The predicted molar refractivity (Wildman–Crippen MR) is 119 cm³/mol. The highest BCUT2D eigenvalue weighted by Gasteiger charge is 2.38. The van der Waals surface area contributed by atoms with Crippen molar-refractivity contribution in [3.8, 4) is 23.0 Å². The van der Waals surface area contributed by atoms with Crippen molar-refractivity contribution in [2.75, 3.05) is 39.9 Å². The van der Waals surface area contributed by atoms with Gasteiger partial charge in [0.05, 0.1) is 46.1 Å². The number of nitrogens with one attached hydrogen (secondary N) is 1. The Morgan fingerprint density at radius 3 is 2.38 bits per heavy atom.